The van der Waals surface area contributed by atoms with E-state index in [1.165, 1.54) is 11.8 Å². The average molecular weight is 267 g/mol. The molecule has 0 bridgehead atoms. The van der Waals surface area contributed by atoms with E-state index in [1.54, 1.807) is 4.90 Å². The van der Waals surface area contributed by atoms with Gasteiger partial charge >= 0.3 is 5.97 Å². The fourth-order valence-electron chi connectivity index (χ4n) is 2.08. The maximum absolute atomic E-state index is 13.3. The van der Waals surface area contributed by atoms with Gasteiger partial charge in [0.25, 0.3) is 5.92 Å². The number of carbonyl (C=O) groups is 1. The fourth-order valence-corrected chi connectivity index (χ4v) is 3.01. The summed E-state index contributed by atoms with van der Waals surface area (Å²) in [7, 11) is 0. The lowest BCUT2D eigenvalue weighted by Gasteiger charge is -2.41. The molecule has 100 valence electrons. The highest BCUT2D eigenvalue weighted by molar-refractivity contribution is 7.99. The zero-order valence-electron chi connectivity index (χ0n) is 10.2. The molecule has 1 fully saturated rings. The van der Waals surface area contributed by atoms with E-state index in [-0.39, 0.29) is 30.8 Å². The topological polar surface area (TPSA) is 40.5 Å². The Balaban J connectivity index is 2.49. The lowest BCUT2D eigenvalue weighted by Crippen LogP contribution is -2.52. The second-order valence-electron chi connectivity index (χ2n) is 4.72. The van der Waals surface area contributed by atoms with E-state index in [0.717, 1.165) is 0 Å². The Labute approximate surface area is 105 Å². The number of carboxylic acid groups (broad SMARTS) is 1. The minimum absolute atomic E-state index is 0.0405. The van der Waals surface area contributed by atoms with Crippen LogP contribution in [0.2, 0.25) is 0 Å². The summed E-state index contributed by atoms with van der Waals surface area (Å²) in [6.07, 6.45) is 0.353. The minimum Gasteiger partial charge on any atom is -0.481 e. The number of likely N-dealkylation sites (tertiary alicyclic amines) is 1. The van der Waals surface area contributed by atoms with Crippen molar-refractivity contribution in [2.24, 2.45) is 0 Å². The van der Waals surface area contributed by atoms with Gasteiger partial charge in [0.1, 0.15) is 0 Å². The van der Waals surface area contributed by atoms with Crippen LogP contribution in [0.3, 0.4) is 0 Å². The molecule has 1 N–H and O–H groups in total. The van der Waals surface area contributed by atoms with Crippen molar-refractivity contribution in [1.29, 1.82) is 0 Å². The molecular formula is C11H19F2NO2S. The maximum atomic E-state index is 13.3. The summed E-state index contributed by atoms with van der Waals surface area (Å²) in [5.41, 5.74) is 0. The molecule has 0 aromatic carbocycles. The first-order chi connectivity index (χ1) is 7.82. The Hall–Kier alpha value is -0.360. The normalized spacial score (nSPS) is 25.1. The van der Waals surface area contributed by atoms with Crippen LogP contribution in [0.25, 0.3) is 0 Å². The summed E-state index contributed by atoms with van der Waals surface area (Å²) in [6, 6.07) is 0.135. The van der Waals surface area contributed by atoms with Crippen molar-refractivity contribution in [1.82, 2.24) is 4.90 Å². The van der Waals surface area contributed by atoms with Crippen molar-refractivity contribution in [3.05, 3.63) is 0 Å². The van der Waals surface area contributed by atoms with Gasteiger partial charge in [0.15, 0.2) is 0 Å². The van der Waals surface area contributed by atoms with Gasteiger partial charge in [-0.2, -0.15) is 0 Å². The van der Waals surface area contributed by atoms with Gasteiger partial charge in [-0.25, -0.2) is 8.78 Å². The molecule has 3 nitrogen and oxygen atoms in total. The standard InChI is InChI=1S/C11H19F2NO2S/c1-8(2)14-7-11(12,13)4-3-9(14)5-17-6-10(15)16/h8-9H,3-7H2,1-2H3,(H,15,16). The smallest absolute Gasteiger partial charge is 0.313 e. The molecule has 0 amide bonds. The van der Waals surface area contributed by atoms with Crippen molar-refractivity contribution in [3.63, 3.8) is 0 Å². The van der Waals surface area contributed by atoms with Gasteiger partial charge in [-0.3, -0.25) is 9.69 Å². The minimum atomic E-state index is -2.60. The molecule has 0 spiro atoms. The number of halogens is 2. The van der Waals surface area contributed by atoms with Crippen LogP contribution < -0.4 is 0 Å². The zero-order chi connectivity index (χ0) is 13.1. The van der Waals surface area contributed by atoms with Gasteiger partial charge in [-0.15, -0.1) is 11.8 Å². The molecule has 0 aromatic rings. The van der Waals surface area contributed by atoms with Crippen molar-refractivity contribution >= 4 is 17.7 Å². The Morgan fingerprint density at radius 2 is 2.24 bits per heavy atom. The summed E-state index contributed by atoms with van der Waals surface area (Å²) >= 11 is 1.30. The van der Waals surface area contributed by atoms with E-state index in [4.69, 9.17) is 5.11 Å². The highest BCUT2D eigenvalue weighted by Crippen LogP contribution is 2.32. The second-order valence-corrected chi connectivity index (χ2v) is 5.75. The van der Waals surface area contributed by atoms with Crippen LogP contribution in [-0.4, -0.2) is 52.0 Å². The third kappa shape index (κ3) is 4.79. The first-order valence-corrected chi connectivity index (χ1v) is 6.90. The highest BCUT2D eigenvalue weighted by atomic mass is 32.2. The average Bonchev–Trinajstić information content (AvgIpc) is 2.19. The molecule has 0 aliphatic carbocycles. The lowest BCUT2D eigenvalue weighted by atomic mass is 9.99. The summed E-state index contributed by atoms with van der Waals surface area (Å²) in [4.78, 5) is 12.2. The molecule has 1 heterocycles. The van der Waals surface area contributed by atoms with Gasteiger partial charge < -0.3 is 5.11 Å². The van der Waals surface area contributed by atoms with Crippen LogP contribution in [-0.2, 0) is 4.79 Å². The van der Waals surface area contributed by atoms with Crippen LogP contribution in [0, 0.1) is 0 Å². The Kier molecular flexibility index (Phi) is 5.19. The summed E-state index contributed by atoms with van der Waals surface area (Å²) < 4.78 is 26.6. The van der Waals surface area contributed by atoms with Gasteiger partial charge in [-0.1, -0.05) is 0 Å². The summed E-state index contributed by atoms with van der Waals surface area (Å²) in [5.74, 6) is -2.80. The number of aliphatic carboxylic acids is 1. The number of alkyl halides is 2. The predicted molar refractivity (Wildman–Crippen MR) is 64.8 cm³/mol. The first kappa shape index (κ1) is 14.7. The number of thioether (sulfide) groups is 1. The quantitative estimate of drug-likeness (QED) is 0.830. The van der Waals surface area contributed by atoms with E-state index in [9.17, 15) is 13.6 Å². The van der Waals surface area contributed by atoms with Crippen LogP contribution in [0.1, 0.15) is 26.7 Å². The fraction of sp³-hybridized carbons (Fsp3) is 0.909. The number of rotatable bonds is 5. The first-order valence-electron chi connectivity index (χ1n) is 5.75. The Bertz CT molecular complexity index is 274. The van der Waals surface area contributed by atoms with Gasteiger partial charge in [-0.05, 0) is 20.3 Å². The zero-order valence-corrected chi connectivity index (χ0v) is 11.0. The third-order valence-corrected chi connectivity index (χ3v) is 4.00. The Morgan fingerprint density at radius 3 is 2.76 bits per heavy atom. The molecular weight excluding hydrogens is 248 g/mol. The SMILES string of the molecule is CC(C)N1CC(F)(F)CCC1CSCC(=O)O. The molecule has 0 saturated carbocycles. The molecule has 0 aromatic heterocycles. The van der Waals surface area contributed by atoms with Crippen LogP contribution >= 0.6 is 11.8 Å². The molecule has 1 unspecified atom stereocenters. The molecule has 1 atom stereocenters. The number of hydrogen-bond donors (Lipinski definition) is 1. The largest absolute Gasteiger partial charge is 0.481 e. The van der Waals surface area contributed by atoms with Gasteiger partial charge in [0, 0.05) is 24.3 Å². The van der Waals surface area contributed by atoms with Crippen molar-refractivity contribution in [2.75, 3.05) is 18.1 Å². The lowest BCUT2D eigenvalue weighted by molar-refractivity contribution is -0.133. The second kappa shape index (κ2) is 6.00. The van der Waals surface area contributed by atoms with Crippen molar-refractivity contribution in [3.8, 4) is 0 Å². The van der Waals surface area contributed by atoms with E-state index >= 15 is 0 Å². The van der Waals surface area contributed by atoms with Crippen LogP contribution in [0.15, 0.2) is 0 Å². The summed E-state index contributed by atoms with van der Waals surface area (Å²) in [6.45, 7) is 3.59. The predicted octanol–water partition coefficient (Wildman–Crippen LogP) is 2.31. The Morgan fingerprint density at radius 1 is 1.59 bits per heavy atom. The monoisotopic (exact) mass is 267 g/mol. The number of nitrogens with zero attached hydrogens (tertiary/aromatic N) is 1. The number of piperidine rings is 1. The van der Waals surface area contributed by atoms with E-state index in [0.29, 0.717) is 12.2 Å². The van der Waals surface area contributed by atoms with E-state index in [2.05, 4.69) is 0 Å². The van der Waals surface area contributed by atoms with Gasteiger partial charge in [0.05, 0.1) is 12.3 Å². The molecule has 0 radical (unpaired) electrons. The molecule has 6 heteroatoms. The van der Waals surface area contributed by atoms with Crippen molar-refractivity contribution in [2.45, 2.75) is 44.7 Å². The van der Waals surface area contributed by atoms with E-state index in [1.807, 2.05) is 13.8 Å². The van der Waals surface area contributed by atoms with E-state index < -0.39 is 11.9 Å². The molecule has 1 aliphatic heterocycles. The maximum Gasteiger partial charge on any atom is 0.313 e. The number of hydrogen-bond acceptors (Lipinski definition) is 3. The molecule has 1 rings (SSSR count). The third-order valence-electron chi connectivity index (χ3n) is 2.93. The van der Waals surface area contributed by atoms with Crippen LogP contribution in [0.4, 0.5) is 8.78 Å². The number of carboxylic acids is 1. The van der Waals surface area contributed by atoms with Gasteiger partial charge in [0.2, 0.25) is 0 Å². The molecule has 1 saturated heterocycles. The molecule has 1 aliphatic rings. The van der Waals surface area contributed by atoms with Crippen LogP contribution in [0.5, 0.6) is 0 Å². The summed E-state index contributed by atoms with van der Waals surface area (Å²) in [5, 5.41) is 8.55. The van der Waals surface area contributed by atoms with Crippen molar-refractivity contribution < 1.29 is 18.7 Å². The molecule has 17 heavy (non-hydrogen) atoms. The highest BCUT2D eigenvalue weighted by Gasteiger charge is 2.40.